The van der Waals surface area contributed by atoms with Gasteiger partial charge in [0.05, 0.1) is 6.61 Å². The largest absolute Gasteiger partial charge is 0.494 e. The highest BCUT2D eigenvalue weighted by molar-refractivity contribution is 6.30. The summed E-state index contributed by atoms with van der Waals surface area (Å²) in [6.07, 6.45) is 0.642. The molecule has 144 valence electrons. The standard InChI is InChI=1S/C21H25ClN2O3/c1-4-27-18-10-8-17(9-11-18)24-20(26)21(2,3)19(25)23-13-12-15-6-5-7-16(22)14-15/h5-11,14H,4,12-13H2,1-3H3,(H,23,25)(H,24,26). The number of benzene rings is 2. The summed E-state index contributed by atoms with van der Waals surface area (Å²) in [5.74, 6) is 0.0356. The fraction of sp³-hybridized carbons (Fsp3) is 0.333. The molecule has 6 heteroatoms. The molecule has 0 aromatic heterocycles. The maximum atomic E-state index is 12.5. The molecule has 0 fully saturated rings. The van der Waals surface area contributed by atoms with Crippen molar-refractivity contribution in [2.45, 2.75) is 27.2 Å². The molecule has 27 heavy (non-hydrogen) atoms. The lowest BCUT2D eigenvalue weighted by molar-refractivity contribution is -0.138. The van der Waals surface area contributed by atoms with E-state index in [2.05, 4.69) is 10.6 Å². The van der Waals surface area contributed by atoms with E-state index in [0.717, 1.165) is 11.3 Å². The van der Waals surface area contributed by atoms with Crippen molar-refractivity contribution in [2.75, 3.05) is 18.5 Å². The van der Waals surface area contributed by atoms with E-state index in [1.807, 2.05) is 25.1 Å². The van der Waals surface area contributed by atoms with E-state index in [1.165, 1.54) is 0 Å². The molecule has 0 radical (unpaired) electrons. The molecule has 2 amide bonds. The first-order valence-electron chi connectivity index (χ1n) is 8.90. The predicted octanol–water partition coefficient (Wildman–Crippen LogP) is 4.06. The normalized spacial score (nSPS) is 11.0. The second kappa shape index (κ2) is 9.42. The molecule has 0 aliphatic heterocycles. The van der Waals surface area contributed by atoms with E-state index in [4.69, 9.17) is 16.3 Å². The molecule has 0 saturated heterocycles. The Kier molecular flexibility index (Phi) is 7.25. The summed E-state index contributed by atoms with van der Waals surface area (Å²) in [7, 11) is 0. The van der Waals surface area contributed by atoms with E-state index in [1.54, 1.807) is 44.2 Å². The Morgan fingerprint density at radius 1 is 1.07 bits per heavy atom. The lowest BCUT2D eigenvalue weighted by Crippen LogP contribution is -2.45. The van der Waals surface area contributed by atoms with Crippen LogP contribution in [-0.4, -0.2) is 25.0 Å². The number of anilines is 1. The number of carbonyl (C=O) groups excluding carboxylic acids is 2. The Morgan fingerprint density at radius 2 is 1.78 bits per heavy atom. The molecule has 0 aliphatic rings. The van der Waals surface area contributed by atoms with Gasteiger partial charge in [0.2, 0.25) is 11.8 Å². The summed E-state index contributed by atoms with van der Waals surface area (Å²) in [6.45, 7) is 6.12. The second-order valence-electron chi connectivity index (χ2n) is 6.67. The molecule has 0 bridgehead atoms. The van der Waals surface area contributed by atoms with Crippen molar-refractivity contribution in [1.82, 2.24) is 5.32 Å². The lowest BCUT2D eigenvalue weighted by Gasteiger charge is -2.23. The molecule has 0 saturated carbocycles. The average molecular weight is 389 g/mol. The fourth-order valence-corrected chi connectivity index (χ4v) is 2.64. The van der Waals surface area contributed by atoms with Gasteiger partial charge in [0.1, 0.15) is 11.2 Å². The maximum Gasteiger partial charge on any atom is 0.239 e. The SMILES string of the molecule is CCOc1ccc(NC(=O)C(C)(C)C(=O)NCCc2cccc(Cl)c2)cc1. The van der Waals surface area contributed by atoms with Crippen molar-refractivity contribution in [1.29, 1.82) is 0 Å². The Morgan fingerprint density at radius 3 is 2.41 bits per heavy atom. The molecule has 2 aromatic rings. The minimum Gasteiger partial charge on any atom is -0.494 e. The lowest BCUT2D eigenvalue weighted by atomic mass is 9.91. The van der Waals surface area contributed by atoms with Crippen LogP contribution in [0, 0.1) is 5.41 Å². The van der Waals surface area contributed by atoms with Crippen LogP contribution in [0.4, 0.5) is 5.69 Å². The second-order valence-corrected chi connectivity index (χ2v) is 7.11. The molecule has 2 N–H and O–H groups in total. The number of carbonyl (C=O) groups is 2. The van der Waals surface area contributed by atoms with Gasteiger partial charge in [0, 0.05) is 17.3 Å². The number of rotatable bonds is 8. The first-order valence-corrected chi connectivity index (χ1v) is 9.27. The number of nitrogens with one attached hydrogen (secondary N) is 2. The van der Waals surface area contributed by atoms with Crippen LogP contribution in [0.15, 0.2) is 48.5 Å². The molecule has 0 heterocycles. The first-order chi connectivity index (χ1) is 12.8. The zero-order chi connectivity index (χ0) is 19.9. The molecule has 5 nitrogen and oxygen atoms in total. The van der Waals surface area contributed by atoms with Gasteiger partial charge in [-0.3, -0.25) is 9.59 Å². The van der Waals surface area contributed by atoms with Gasteiger partial charge in [-0.1, -0.05) is 23.7 Å². The van der Waals surface area contributed by atoms with Crippen molar-refractivity contribution in [2.24, 2.45) is 5.41 Å². The van der Waals surface area contributed by atoms with Gasteiger partial charge in [0.25, 0.3) is 0 Å². The van der Waals surface area contributed by atoms with E-state index in [-0.39, 0.29) is 11.8 Å². The van der Waals surface area contributed by atoms with Gasteiger partial charge in [-0.15, -0.1) is 0 Å². The minimum atomic E-state index is -1.20. The molecule has 2 rings (SSSR count). The van der Waals surface area contributed by atoms with Crippen molar-refractivity contribution in [3.05, 3.63) is 59.1 Å². The van der Waals surface area contributed by atoms with Gasteiger partial charge in [0.15, 0.2) is 0 Å². The fourth-order valence-electron chi connectivity index (χ4n) is 2.43. The van der Waals surface area contributed by atoms with Crippen molar-refractivity contribution >= 4 is 29.1 Å². The molecule has 0 spiro atoms. The van der Waals surface area contributed by atoms with Crippen LogP contribution in [0.25, 0.3) is 0 Å². The van der Waals surface area contributed by atoms with E-state index < -0.39 is 5.41 Å². The van der Waals surface area contributed by atoms with Crippen LogP contribution < -0.4 is 15.4 Å². The van der Waals surface area contributed by atoms with Crippen LogP contribution in [0.3, 0.4) is 0 Å². The summed E-state index contributed by atoms with van der Waals surface area (Å²) in [4.78, 5) is 25.0. The third-order valence-electron chi connectivity index (χ3n) is 4.15. The number of ether oxygens (including phenoxy) is 1. The Hall–Kier alpha value is -2.53. The van der Waals surface area contributed by atoms with Crippen LogP contribution in [0.2, 0.25) is 5.02 Å². The monoisotopic (exact) mass is 388 g/mol. The van der Waals surface area contributed by atoms with Gasteiger partial charge in [-0.25, -0.2) is 0 Å². The number of hydrogen-bond acceptors (Lipinski definition) is 3. The molecule has 0 atom stereocenters. The number of amides is 2. The Bertz CT molecular complexity index is 788. The molecular weight excluding hydrogens is 364 g/mol. The number of halogens is 1. The Labute approximate surface area is 165 Å². The predicted molar refractivity (Wildman–Crippen MR) is 108 cm³/mol. The zero-order valence-corrected chi connectivity index (χ0v) is 16.6. The van der Waals surface area contributed by atoms with Crippen molar-refractivity contribution in [3.8, 4) is 5.75 Å². The molecule has 0 unspecified atom stereocenters. The van der Waals surface area contributed by atoms with Crippen LogP contribution >= 0.6 is 11.6 Å². The van der Waals surface area contributed by atoms with E-state index in [9.17, 15) is 9.59 Å². The highest BCUT2D eigenvalue weighted by Gasteiger charge is 2.35. The first kappa shape index (κ1) is 20.8. The van der Waals surface area contributed by atoms with E-state index in [0.29, 0.717) is 30.3 Å². The van der Waals surface area contributed by atoms with Gasteiger partial charge >= 0.3 is 0 Å². The highest BCUT2D eigenvalue weighted by atomic mass is 35.5. The molecule has 2 aromatic carbocycles. The summed E-state index contributed by atoms with van der Waals surface area (Å²) in [5, 5.41) is 6.26. The van der Waals surface area contributed by atoms with Crippen LogP contribution in [-0.2, 0) is 16.0 Å². The minimum absolute atomic E-state index is 0.326. The van der Waals surface area contributed by atoms with Gasteiger partial charge < -0.3 is 15.4 Å². The summed E-state index contributed by atoms with van der Waals surface area (Å²) < 4.78 is 5.37. The topological polar surface area (TPSA) is 67.4 Å². The zero-order valence-electron chi connectivity index (χ0n) is 15.8. The third kappa shape index (κ3) is 6.00. The van der Waals surface area contributed by atoms with Gasteiger partial charge in [-0.05, 0) is 69.2 Å². The summed E-state index contributed by atoms with van der Waals surface area (Å²) in [5.41, 5.74) is 0.440. The quantitative estimate of drug-likeness (QED) is 0.670. The van der Waals surface area contributed by atoms with Crippen molar-refractivity contribution in [3.63, 3.8) is 0 Å². The molecule has 0 aliphatic carbocycles. The number of hydrogen-bond donors (Lipinski definition) is 2. The third-order valence-corrected chi connectivity index (χ3v) is 4.38. The van der Waals surface area contributed by atoms with Crippen molar-refractivity contribution < 1.29 is 14.3 Å². The summed E-state index contributed by atoms with van der Waals surface area (Å²) in [6, 6.07) is 14.5. The average Bonchev–Trinajstić information content (AvgIpc) is 2.63. The molecular formula is C21H25ClN2O3. The smallest absolute Gasteiger partial charge is 0.239 e. The maximum absolute atomic E-state index is 12.5. The Balaban J connectivity index is 1.88. The van der Waals surface area contributed by atoms with E-state index >= 15 is 0 Å². The van der Waals surface area contributed by atoms with Crippen LogP contribution in [0.1, 0.15) is 26.3 Å². The van der Waals surface area contributed by atoms with Crippen LogP contribution in [0.5, 0.6) is 5.75 Å². The van der Waals surface area contributed by atoms with Gasteiger partial charge in [-0.2, -0.15) is 0 Å². The highest BCUT2D eigenvalue weighted by Crippen LogP contribution is 2.21. The summed E-state index contributed by atoms with van der Waals surface area (Å²) >= 11 is 5.96.